The Labute approximate surface area is 170 Å². The van der Waals surface area contributed by atoms with E-state index in [1.54, 1.807) is 10.6 Å². The highest BCUT2D eigenvalue weighted by Gasteiger charge is 2.20. The van der Waals surface area contributed by atoms with Crippen molar-refractivity contribution >= 4 is 17.4 Å². The molecule has 29 heavy (non-hydrogen) atoms. The van der Waals surface area contributed by atoms with Gasteiger partial charge in [0.05, 0.1) is 0 Å². The van der Waals surface area contributed by atoms with Gasteiger partial charge in [-0.15, -0.1) is 0 Å². The van der Waals surface area contributed by atoms with Gasteiger partial charge in [0.1, 0.15) is 17.2 Å². The zero-order valence-corrected chi connectivity index (χ0v) is 17.0. The van der Waals surface area contributed by atoms with Crippen molar-refractivity contribution in [2.75, 3.05) is 5.32 Å². The van der Waals surface area contributed by atoms with E-state index in [4.69, 9.17) is 0 Å². The molecule has 3 rings (SSSR count). The first kappa shape index (κ1) is 21.0. The van der Waals surface area contributed by atoms with Crippen molar-refractivity contribution in [1.29, 1.82) is 0 Å². The van der Waals surface area contributed by atoms with Gasteiger partial charge in [0.2, 0.25) is 5.91 Å². The molecule has 0 bridgehead atoms. The molecule has 2 heterocycles. The van der Waals surface area contributed by atoms with Gasteiger partial charge in [0.15, 0.2) is 11.6 Å². The SMILES string of the molecule is CCCCCCCCC(=O)Nc1c(-c2cccc(F)c2F)nc2cc(C)ccn12. The van der Waals surface area contributed by atoms with Crippen LogP contribution in [0.3, 0.4) is 0 Å². The van der Waals surface area contributed by atoms with Crippen molar-refractivity contribution in [3.05, 3.63) is 53.7 Å². The number of carbonyl (C=O) groups excluding carboxylic acids is 1. The largest absolute Gasteiger partial charge is 0.310 e. The van der Waals surface area contributed by atoms with E-state index in [1.165, 1.54) is 31.4 Å². The van der Waals surface area contributed by atoms with Crippen LogP contribution in [-0.4, -0.2) is 15.3 Å². The van der Waals surface area contributed by atoms with Crippen LogP contribution in [0, 0.1) is 18.6 Å². The first-order chi connectivity index (χ1) is 14.0. The first-order valence-corrected chi connectivity index (χ1v) is 10.2. The van der Waals surface area contributed by atoms with E-state index in [0.717, 1.165) is 30.9 Å². The summed E-state index contributed by atoms with van der Waals surface area (Å²) in [7, 11) is 0. The minimum Gasteiger partial charge on any atom is -0.310 e. The fourth-order valence-corrected chi connectivity index (χ4v) is 3.40. The molecular weight excluding hydrogens is 372 g/mol. The molecule has 1 amide bonds. The third-order valence-electron chi connectivity index (χ3n) is 5.00. The van der Waals surface area contributed by atoms with Crippen molar-refractivity contribution < 1.29 is 13.6 Å². The van der Waals surface area contributed by atoms with Crippen LogP contribution >= 0.6 is 0 Å². The predicted octanol–water partition coefficient (Wildman–Crippen LogP) is 6.28. The quantitative estimate of drug-likeness (QED) is 0.431. The van der Waals surface area contributed by atoms with E-state index in [2.05, 4.69) is 17.2 Å². The van der Waals surface area contributed by atoms with E-state index >= 15 is 0 Å². The number of carbonyl (C=O) groups is 1. The number of nitrogens with zero attached hydrogens (tertiary/aromatic N) is 2. The summed E-state index contributed by atoms with van der Waals surface area (Å²) in [6, 6.07) is 7.69. The molecule has 2 aromatic heterocycles. The Hall–Kier alpha value is -2.76. The molecule has 154 valence electrons. The zero-order valence-electron chi connectivity index (χ0n) is 17.0. The van der Waals surface area contributed by atoms with Crippen LogP contribution in [0.2, 0.25) is 0 Å². The molecular formula is C23H27F2N3O. The summed E-state index contributed by atoms with van der Waals surface area (Å²) in [4.78, 5) is 17.0. The second kappa shape index (κ2) is 9.63. The number of hydrogen-bond donors (Lipinski definition) is 1. The second-order valence-electron chi connectivity index (χ2n) is 7.41. The molecule has 0 spiro atoms. The number of benzene rings is 1. The van der Waals surface area contributed by atoms with Crippen molar-refractivity contribution in [3.8, 4) is 11.3 Å². The Kier molecular flexibility index (Phi) is 6.96. The lowest BCUT2D eigenvalue weighted by Gasteiger charge is -2.09. The second-order valence-corrected chi connectivity index (χ2v) is 7.41. The van der Waals surface area contributed by atoms with Gasteiger partial charge in [-0.3, -0.25) is 9.20 Å². The minimum atomic E-state index is -0.973. The highest BCUT2D eigenvalue weighted by atomic mass is 19.2. The lowest BCUT2D eigenvalue weighted by atomic mass is 10.1. The molecule has 0 saturated carbocycles. The third-order valence-corrected chi connectivity index (χ3v) is 5.00. The number of rotatable bonds is 9. The van der Waals surface area contributed by atoms with Gasteiger partial charge >= 0.3 is 0 Å². The highest BCUT2D eigenvalue weighted by molar-refractivity contribution is 5.94. The van der Waals surface area contributed by atoms with Gasteiger partial charge in [0.25, 0.3) is 0 Å². The average Bonchev–Trinajstić information content (AvgIpc) is 3.03. The number of anilines is 1. The molecule has 0 unspecified atom stereocenters. The lowest BCUT2D eigenvalue weighted by molar-refractivity contribution is -0.116. The summed E-state index contributed by atoms with van der Waals surface area (Å²) in [5, 5.41) is 2.87. The summed E-state index contributed by atoms with van der Waals surface area (Å²) >= 11 is 0. The van der Waals surface area contributed by atoms with Crippen molar-refractivity contribution in [2.24, 2.45) is 0 Å². The molecule has 0 saturated heterocycles. The molecule has 0 aliphatic heterocycles. The molecule has 3 aromatic rings. The van der Waals surface area contributed by atoms with E-state index in [0.29, 0.717) is 17.9 Å². The molecule has 0 atom stereocenters. The molecule has 1 N–H and O–H groups in total. The fraction of sp³-hybridized carbons (Fsp3) is 0.391. The van der Waals surface area contributed by atoms with Gasteiger partial charge < -0.3 is 5.32 Å². The number of imidazole rings is 1. The molecule has 0 aliphatic carbocycles. The zero-order chi connectivity index (χ0) is 20.8. The van der Waals surface area contributed by atoms with Crippen LogP contribution in [0.15, 0.2) is 36.5 Å². The number of aryl methyl sites for hydroxylation is 1. The number of unbranched alkanes of at least 4 members (excludes halogenated alkanes) is 5. The Balaban J connectivity index is 1.84. The normalized spacial score (nSPS) is 11.2. The Morgan fingerprint density at radius 3 is 2.66 bits per heavy atom. The number of hydrogen-bond acceptors (Lipinski definition) is 2. The average molecular weight is 399 g/mol. The number of aromatic nitrogens is 2. The van der Waals surface area contributed by atoms with Crippen LogP contribution in [0.25, 0.3) is 16.9 Å². The van der Waals surface area contributed by atoms with Crippen LogP contribution < -0.4 is 5.32 Å². The summed E-state index contributed by atoms with van der Waals surface area (Å²) in [6.45, 7) is 4.10. The van der Waals surface area contributed by atoms with Crippen LogP contribution in [0.5, 0.6) is 0 Å². The molecule has 4 nitrogen and oxygen atoms in total. The molecule has 0 fully saturated rings. The van der Waals surface area contributed by atoms with Gasteiger partial charge in [-0.2, -0.15) is 0 Å². The van der Waals surface area contributed by atoms with Crippen LogP contribution in [0.1, 0.15) is 57.4 Å². The third kappa shape index (κ3) is 5.00. The van der Waals surface area contributed by atoms with E-state index in [-0.39, 0.29) is 17.2 Å². The Bertz CT molecular complexity index is 997. The topological polar surface area (TPSA) is 46.4 Å². The monoisotopic (exact) mass is 399 g/mol. The fourth-order valence-electron chi connectivity index (χ4n) is 3.40. The van der Waals surface area contributed by atoms with Crippen molar-refractivity contribution in [1.82, 2.24) is 9.38 Å². The van der Waals surface area contributed by atoms with Gasteiger partial charge in [-0.25, -0.2) is 13.8 Å². The van der Waals surface area contributed by atoms with Gasteiger partial charge in [0, 0.05) is 18.2 Å². The predicted molar refractivity (Wildman–Crippen MR) is 112 cm³/mol. The minimum absolute atomic E-state index is 0.0289. The van der Waals surface area contributed by atoms with Crippen LogP contribution in [0.4, 0.5) is 14.6 Å². The number of fused-ring (bicyclic) bond motifs is 1. The number of pyridine rings is 1. The maximum absolute atomic E-state index is 14.4. The van der Waals surface area contributed by atoms with Crippen molar-refractivity contribution in [3.63, 3.8) is 0 Å². The maximum atomic E-state index is 14.4. The Morgan fingerprint density at radius 2 is 1.86 bits per heavy atom. The standard InChI is InChI=1S/C23H27F2N3O/c1-3-4-5-6-7-8-12-20(29)27-23-22(17-10-9-11-18(24)21(17)25)26-19-15-16(2)13-14-28(19)23/h9-11,13-15H,3-8,12H2,1-2H3,(H,27,29). The number of nitrogens with one attached hydrogen (secondary N) is 1. The highest BCUT2D eigenvalue weighted by Crippen LogP contribution is 2.32. The van der Waals surface area contributed by atoms with E-state index in [9.17, 15) is 13.6 Å². The molecule has 0 radical (unpaired) electrons. The first-order valence-electron chi connectivity index (χ1n) is 10.2. The number of halogens is 2. The van der Waals surface area contributed by atoms with Crippen molar-refractivity contribution in [2.45, 2.75) is 58.8 Å². The summed E-state index contributed by atoms with van der Waals surface area (Å²) in [5.41, 5.74) is 1.81. The molecule has 0 aliphatic rings. The van der Waals surface area contributed by atoms with Gasteiger partial charge in [-0.1, -0.05) is 45.1 Å². The maximum Gasteiger partial charge on any atom is 0.225 e. The smallest absolute Gasteiger partial charge is 0.225 e. The van der Waals surface area contributed by atoms with E-state index in [1.807, 2.05) is 19.1 Å². The van der Waals surface area contributed by atoms with Gasteiger partial charge in [-0.05, 0) is 43.2 Å². The molecule has 1 aromatic carbocycles. The Morgan fingerprint density at radius 1 is 1.10 bits per heavy atom. The molecule has 6 heteroatoms. The number of amides is 1. The van der Waals surface area contributed by atoms with Crippen LogP contribution in [-0.2, 0) is 4.79 Å². The summed E-state index contributed by atoms with van der Waals surface area (Å²) < 4.78 is 29.9. The summed E-state index contributed by atoms with van der Waals surface area (Å²) in [6.07, 6.45) is 8.68. The lowest BCUT2D eigenvalue weighted by Crippen LogP contribution is -2.13. The summed E-state index contributed by atoms with van der Waals surface area (Å²) in [5.74, 6) is -1.71. The van der Waals surface area contributed by atoms with E-state index < -0.39 is 11.6 Å².